The Balaban J connectivity index is 1.45. The number of methoxy groups -OCH3 is 1. The number of ether oxygens (including phenoxy) is 4. The minimum atomic E-state index is -1.01. The summed E-state index contributed by atoms with van der Waals surface area (Å²) >= 11 is 0. The van der Waals surface area contributed by atoms with Crippen molar-refractivity contribution < 1.29 is 28.2 Å². The molecule has 0 aliphatic carbocycles. The van der Waals surface area contributed by atoms with E-state index in [0.717, 1.165) is 0 Å². The first kappa shape index (κ1) is 21.1. The predicted molar refractivity (Wildman–Crippen MR) is 128 cm³/mol. The first-order valence-electron chi connectivity index (χ1n) is 11.2. The smallest absolute Gasteiger partial charge is 0.344 e. The average molecular weight is 471 g/mol. The zero-order valence-corrected chi connectivity index (χ0v) is 18.8. The maximum absolute atomic E-state index is 13.5. The summed E-state index contributed by atoms with van der Waals surface area (Å²) in [6.45, 7) is 0.882. The first-order chi connectivity index (χ1) is 17.1. The molecule has 0 spiro atoms. The molecular formula is C27H21NO7. The number of carbonyl (C=O) groups excluding carboxylic acids is 1. The van der Waals surface area contributed by atoms with Crippen LogP contribution in [0, 0.1) is 0 Å². The molecule has 6 rings (SSSR count). The van der Waals surface area contributed by atoms with Crippen molar-refractivity contribution in [3.63, 3.8) is 0 Å². The van der Waals surface area contributed by atoms with Gasteiger partial charge in [-0.1, -0.05) is 18.2 Å². The molecule has 2 aliphatic rings. The van der Waals surface area contributed by atoms with Gasteiger partial charge < -0.3 is 28.7 Å². The van der Waals surface area contributed by atoms with Gasteiger partial charge >= 0.3 is 5.63 Å². The van der Waals surface area contributed by atoms with Gasteiger partial charge in [-0.05, 0) is 54.1 Å². The van der Waals surface area contributed by atoms with Gasteiger partial charge in [0.25, 0.3) is 5.91 Å². The van der Waals surface area contributed by atoms with E-state index in [2.05, 4.69) is 5.32 Å². The van der Waals surface area contributed by atoms with Crippen LogP contribution in [-0.2, 0) is 4.79 Å². The Kier molecular flexibility index (Phi) is 5.06. The monoisotopic (exact) mass is 471 g/mol. The predicted octanol–water partition coefficient (Wildman–Crippen LogP) is 4.10. The summed E-state index contributed by atoms with van der Waals surface area (Å²) in [5, 5.41) is 3.52. The fourth-order valence-electron chi connectivity index (χ4n) is 4.56. The molecule has 0 saturated carbocycles. The number of rotatable bonds is 4. The summed E-state index contributed by atoms with van der Waals surface area (Å²) in [4.78, 5) is 26.6. The van der Waals surface area contributed by atoms with E-state index in [1.807, 2.05) is 18.2 Å². The molecule has 0 radical (unpaired) electrons. The third kappa shape index (κ3) is 3.63. The SMILES string of the molecule is COc1ccc(NC(=O)[C@H]2Oc3c(c(=O)oc4ccccc34)[C@@H]2c2ccc3c(c2)OCCO3)cc1. The second kappa shape index (κ2) is 8.39. The number of hydrogen-bond donors (Lipinski definition) is 1. The van der Waals surface area contributed by atoms with Crippen LogP contribution < -0.4 is 29.9 Å². The first-order valence-corrected chi connectivity index (χ1v) is 11.2. The van der Waals surface area contributed by atoms with Crippen molar-refractivity contribution in [3.8, 4) is 23.0 Å². The maximum atomic E-state index is 13.5. The van der Waals surface area contributed by atoms with E-state index in [-0.39, 0.29) is 0 Å². The van der Waals surface area contributed by atoms with Crippen molar-refractivity contribution in [2.24, 2.45) is 0 Å². The third-order valence-corrected chi connectivity index (χ3v) is 6.20. The summed E-state index contributed by atoms with van der Waals surface area (Å²) in [5.41, 5.74) is 1.42. The van der Waals surface area contributed by atoms with Gasteiger partial charge in [-0.2, -0.15) is 0 Å². The summed E-state index contributed by atoms with van der Waals surface area (Å²) in [6.07, 6.45) is -1.01. The number of nitrogens with one attached hydrogen (secondary N) is 1. The standard InChI is InChI=1S/C27H21NO7/c1-31-17-9-7-16(8-10-17)28-26(29)25-22(15-6-11-20-21(14-15)33-13-12-32-20)23-24(35-25)18-4-2-3-5-19(18)34-27(23)30/h2-11,14,22,25H,12-13H2,1H3,(H,28,29)/t22-,25-/m0/s1. The highest BCUT2D eigenvalue weighted by atomic mass is 16.6. The zero-order chi connectivity index (χ0) is 23.9. The summed E-state index contributed by atoms with van der Waals surface area (Å²) in [6, 6.07) is 19.5. The van der Waals surface area contributed by atoms with E-state index < -0.39 is 23.6 Å². The van der Waals surface area contributed by atoms with Gasteiger partial charge in [-0.25, -0.2) is 4.79 Å². The fourth-order valence-corrected chi connectivity index (χ4v) is 4.56. The van der Waals surface area contributed by atoms with Crippen LogP contribution >= 0.6 is 0 Å². The topological polar surface area (TPSA) is 96.2 Å². The molecule has 0 fully saturated rings. The molecule has 8 nitrogen and oxygen atoms in total. The zero-order valence-electron chi connectivity index (χ0n) is 18.8. The Labute approximate surface area is 200 Å². The van der Waals surface area contributed by atoms with Gasteiger partial charge in [-0.15, -0.1) is 0 Å². The van der Waals surface area contributed by atoms with E-state index in [0.29, 0.717) is 64.0 Å². The van der Waals surface area contributed by atoms with Crippen molar-refractivity contribution in [2.45, 2.75) is 12.0 Å². The van der Waals surface area contributed by atoms with E-state index in [4.69, 9.17) is 23.4 Å². The maximum Gasteiger partial charge on any atom is 0.344 e. The molecule has 0 bridgehead atoms. The number of amides is 1. The molecule has 0 unspecified atom stereocenters. The lowest BCUT2D eigenvalue weighted by Gasteiger charge is -2.22. The fraction of sp³-hybridized carbons (Fsp3) is 0.185. The Bertz CT molecular complexity index is 1490. The average Bonchev–Trinajstić information content (AvgIpc) is 3.31. The van der Waals surface area contributed by atoms with E-state index in [9.17, 15) is 9.59 Å². The number of para-hydroxylation sites is 1. The second-order valence-electron chi connectivity index (χ2n) is 8.27. The summed E-state index contributed by atoms with van der Waals surface area (Å²) < 4.78 is 28.4. The number of anilines is 1. The van der Waals surface area contributed by atoms with Crippen molar-refractivity contribution in [1.82, 2.24) is 0 Å². The van der Waals surface area contributed by atoms with Crippen LogP contribution in [0.4, 0.5) is 5.69 Å². The molecule has 0 saturated heterocycles. The lowest BCUT2D eigenvalue weighted by Crippen LogP contribution is -2.35. The van der Waals surface area contributed by atoms with Crippen LogP contribution in [0.1, 0.15) is 17.0 Å². The van der Waals surface area contributed by atoms with E-state index in [1.54, 1.807) is 55.6 Å². The van der Waals surface area contributed by atoms with Gasteiger partial charge in [0.15, 0.2) is 17.6 Å². The van der Waals surface area contributed by atoms with Crippen LogP contribution in [0.3, 0.4) is 0 Å². The molecule has 1 N–H and O–H groups in total. The minimum Gasteiger partial charge on any atom is -0.497 e. The summed E-state index contributed by atoms with van der Waals surface area (Å²) in [5.74, 6) is 1.10. The lowest BCUT2D eigenvalue weighted by molar-refractivity contribution is -0.122. The Morgan fingerprint density at radius 1 is 0.971 bits per heavy atom. The largest absolute Gasteiger partial charge is 0.497 e. The molecule has 1 amide bonds. The van der Waals surface area contributed by atoms with Crippen LogP contribution in [0.15, 0.2) is 75.9 Å². The Hall–Kier alpha value is -4.46. The molecule has 35 heavy (non-hydrogen) atoms. The highest BCUT2D eigenvalue weighted by Gasteiger charge is 2.44. The normalized spacial score (nSPS) is 18.0. The highest BCUT2D eigenvalue weighted by Crippen LogP contribution is 2.46. The molecule has 3 heterocycles. The van der Waals surface area contributed by atoms with Crippen LogP contribution in [0.5, 0.6) is 23.0 Å². The van der Waals surface area contributed by atoms with E-state index in [1.165, 1.54) is 0 Å². The Morgan fingerprint density at radius 2 is 1.74 bits per heavy atom. The van der Waals surface area contributed by atoms with Crippen molar-refractivity contribution in [2.75, 3.05) is 25.6 Å². The third-order valence-electron chi connectivity index (χ3n) is 6.20. The van der Waals surface area contributed by atoms with Crippen molar-refractivity contribution in [3.05, 3.63) is 88.3 Å². The molecule has 4 aromatic rings. The van der Waals surface area contributed by atoms with E-state index >= 15 is 0 Å². The number of hydrogen-bond acceptors (Lipinski definition) is 7. The molecule has 1 aromatic heterocycles. The second-order valence-corrected chi connectivity index (χ2v) is 8.27. The molecule has 176 valence electrons. The lowest BCUT2D eigenvalue weighted by atomic mass is 9.88. The molecule has 3 aromatic carbocycles. The summed E-state index contributed by atoms with van der Waals surface area (Å²) in [7, 11) is 1.57. The highest BCUT2D eigenvalue weighted by molar-refractivity contribution is 5.97. The van der Waals surface area contributed by atoms with Gasteiger partial charge in [-0.3, -0.25) is 4.79 Å². The number of benzene rings is 3. The van der Waals surface area contributed by atoms with Gasteiger partial charge in [0.1, 0.15) is 30.3 Å². The minimum absolute atomic E-state index is 0.301. The molecule has 2 atom stereocenters. The molecule has 2 aliphatic heterocycles. The number of fused-ring (bicyclic) bond motifs is 4. The molecular weight excluding hydrogens is 450 g/mol. The van der Waals surface area contributed by atoms with Gasteiger partial charge in [0, 0.05) is 5.69 Å². The van der Waals surface area contributed by atoms with Crippen LogP contribution in [-0.4, -0.2) is 32.3 Å². The quantitative estimate of drug-likeness (QED) is 0.448. The Morgan fingerprint density at radius 3 is 2.54 bits per heavy atom. The molecule has 8 heteroatoms. The van der Waals surface area contributed by atoms with Crippen molar-refractivity contribution >= 4 is 22.6 Å². The van der Waals surface area contributed by atoms with Crippen LogP contribution in [0.2, 0.25) is 0 Å². The van der Waals surface area contributed by atoms with Crippen molar-refractivity contribution in [1.29, 1.82) is 0 Å². The van der Waals surface area contributed by atoms with Gasteiger partial charge in [0.2, 0.25) is 0 Å². The van der Waals surface area contributed by atoms with Crippen LogP contribution in [0.25, 0.3) is 11.0 Å². The number of carbonyl (C=O) groups is 1. The van der Waals surface area contributed by atoms with Gasteiger partial charge in [0.05, 0.1) is 24.0 Å².